The van der Waals surface area contributed by atoms with Gasteiger partial charge in [-0.05, 0) is 47.0 Å². The molecule has 7 nitrogen and oxygen atoms in total. The number of carbonyl (C=O) groups is 1. The molecule has 2 N–H and O–H groups in total. The molecule has 1 saturated carbocycles. The Kier molecular flexibility index (Phi) is 7.38. The summed E-state index contributed by atoms with van der Waals surface area (Å²) in [6, 6.07) is 16.3. The number of aromatic nitrogens is 2. The minimum absolute atomic E-state index is 0.0237. The maximum absolute atomic E-state index is 11.4. The highest BCUT2D eigenvalue weighted by atomic mass is 35.5. The van der Waals surface area contributed by atoms with E-state index in [0.717, 1.165) is 17.1 Å². The van der Waals surface area contributed by atoms with E-state index in [4.69, 9.17) is 31.5 Å². The van der Waals surface area contributed by atoms with Crippen LogP contribution >= 0.6 is 11.6 Å². The first-order valence-corrected chi connectivity index (χ1v) is 12.7. The van der Waals surface area contributed by atoms with Gasteiger partial charge in [-0.15, -0.1) is 0 Å². The SMILES string of the molecule is CC(C)(c1ccc(OCc2cnc(Cl)nc2)cc1)c1ccc(OC2CC(OC(N)=O)(C(C)(C)C)C2)cc1. The fraction of sp³-hybridized carbons (Fsp3) is 0.414. The van der Waals surface area contributed by atoms with Crippen molar-refractivity contribution in [2.24, 2.45) is 11.1 Å². The van der Waals surface area contributed by atoms with E-state index in [1.54, 1.807) is 12.4 Å². The molecule has 1 aliphatic carbocycles. The van der Waals surface area contributed by atoms with Gasteiger partial charge >= 0.3 is 6.09 Å². The first kappa shape index (κ1) is 26.7. The van der Waals surface area contributed by atoms with E-state index < -0.39 is 11.7 Å². The summed E-state index contributed by atoms with van der Waals surface area (Å²) in [5, 5.41) is 0.218. The lowest BCUT2D eigenvalue weighted by Gasteiger charge is -2.53. The van der Waals surface area contributed by atoms with Crippen molar-refractivity contribution in [1.82, 2.24) is 9.97 Å². The molecule has 3 aromatic rings. The van der Waals surface area contributed by atoms with Crippen molar-refractivity contribution in [2.75, 3.05) is 0 Å². The summed E-state index contributed by atoms with van der Waals surface area (Å²) >= 11 is 5.73. The molecule has 1 aromatic heterocycles. The summed E-state index contributed by atoms with van der Waals surface area (Å²) in [7, 11) is 0. The third kappa shape index (κ3) is 5.99. The number of nitrogens with zero attached hydrogens (tertiary/aromatic N) is 2. The number of halogens is 1. The average Bonchev–Trinajstić information content (AvgIpc) is 2.82. The van der Waals surface area contributed by atoms with Crippen LogP contribution in [0.1, 0.15) is 64.2 Å². The van der Waals surface area contributed by atoms with Gasteiger partial charge in [-0.1, -0.05) is 58.9 Å². The van der Waals surface area contributed by atoms with Crippen LogP contribution in [-0.4, -0.2) is 27.8 Å². The first-order chi connectivity index (χ1) is 17.4. The van der Waals surface area contributed by atoms with Gasteiger partial charge in [-0.25, -0.2) is 14.8 Å². The number of hydrogen-bond donors (Lipinski definition) is 1. The van der Waals surface area contributed by atoms with E-state index in [2.05, 4.69) is 68.9 Å². The summed E-state index contributed by atoms with van der Waals surface area (Å²) in [4.78, 5) is 19.4. The molecule has 196 valence electrons. The molecule has 0 unspecified atom stereocenters. The zero-order chi connectivity index (χ0) is 26.8. The monoisotopic (exact) mass is 523 g/mol. The van der Waals surface area contributed by atoms with Crippen LogP contribution in [-0.2, 0) is 16.8 Å². The maximum Gasteiger partial charge on any atom is 0.405 e. The molecule has 1 aliphatic rings. The smallest absolute Gasteiger partial charge is 0.405 e. The second-order valence-corrected chi connectivity index (χ2v) is 11.5. The van der Waals surface area contributed by atoms with Crippen LogP contribution in [0.2, 0.25) is 5.28 Å². The molecule has 37 heavy (non-hydrogen) atoms. The van der Waals surface area contributed by atoms with Gasteiger partial charge in [0.15, 0.2) is 0 Å². The Bertz CT molecular complexity index is 1210. The van der Waals surface area contributed by atoms with E-state index in [9.17, 15) is 4.79 Å². The van der Waals surface area contributed by atoms with Gasteiger partial charge in [-0.2, -0.15) is 0 Å². The number of benzene rings is 2. The molecule has 0 saturated heterocycles. The van der Waals surface area contributed by atoms with E-state index >= 15 is 0 Å². The van der Waals surface area contributed by atoms with E-state index in [0.29, 0.717) is 19.4 Å². The predicted octanol–water partition coefficient (Wildman–Crippen LogP) is 6.46. The van der Waals surface area contributed by atoms with Crippen molar-refractivity contribution in [3.05, 3.63) is 82.9 Å². The van der Waals surface area contributed by atoms with Crippen molar-refractivity contribution in [3.63, 3.8) is 0 Å². The Morgan fingerprint density at radius 2 is 1.46 bits per heavy atom. The quantitative estimate of drug-likeness (QED) is 0.340. The third-order valence-corrected chi connectivity index (χ3v) is 7.51. The topological polar surface area (TPSA) is 96.6 Å². The van der Waals surface area contributed by atoms with Crippen molar-refractivity contribution in [3.8, 4) is 11.5 Å². The highest BCUT2D eigenvalue weighted by molar-refractivity contribution is 6.28. The molecule has 8 heteroatoms. The normalized spacial score (nSPS) is 19.6. The molecule has 0 radical (unpaired) electrons. The Labute approximate surface area is 223 Å². The lowest BCUT2D eigenvalue weighted by molar-refractivity contribution is -0.165. The number of amides is 1. The summed E-state index contributed by atoms with van der Waals surface area (Å²) in [5.74, 6) is 1.56. The van der Waals surface area contributed by atoms with Gasteiger partial charge < -0.3 is 19.9 Å². The van der Waals surface area contributed by atoms with Crippen LogP contribution in [0, 0.1) is 5.41 Å². The van der Waals surface area contributed by atoms with Gasteiger partial charge in [0, 0.05) is 41.6 Å². The zero-order valence-corrected chi connectivity index (χ0v) is 22.7. The second kappa shape index (κ2) is 10.2. The number of primary amides is 1. The van der Waals surface area contributed by atoms with Crippen molar-refractivity contribution in [2.45, 2.75) is 71.2 Å². The number of ether oxygens (including phenoxy) is 3. The van der Waals surface area contributed by atoms with Gasteiger partial charge in [-0.3, -0.25) is 0 Å². The Balaban J connectivity index is 1.36. The summed E-state index contributed by atoms with van der Waals surface area (Å²) in [6.45, 7) is 10.9. The second-order valence-electron chi connectivity index (χ2n) is 11.1. The lowest BCUT2D eigenvalue weighted by Crippen LogP contribution is -2.60. The number of nitrogens with two attached hydrogens (primary N) is 1. The van der Waals surface area contributed by atoms with Crippen LogP contribution in [0.4, 0.5) is 4.79 Å². The zero-order valence-electron chi connectivity index (χ0n) is 22.0. The number of carbonyl (C=O) groups excluding carboxylic acids is 1. The van der Waals surface area contributed by atoms with E-state index in [1.807, 2.05) is 24.3 Å². The van der Waals surface area contributed by atoms with Crippen LogP contribution in [0.5, 0.6) is 11.5 Å². The number of rotatable bonds is 8. The van der Waals surface area contributed by atoms with Crippen molar-refractivity contribution in [1.29, 1.82) is 0 Å². The van der Waals surface area contributed by atoms with Crippen molar-refractivity contribution >= 4 is 17.7 Å². The molecule has 0 aliphatic heterocycles. The Hall–Kier alpha value is -3.32. The molecule has 0 atom stereocenters. The molecular formula is C29H34ClN3O4. The third-order valence-electron chi connectivity index (χ3n) is 7.31. The first-order valence-electron chi connectivity index (χ1n) is 12.3. The molecular weight excluding hydrogens is 490 g/mol. The Morgan fingerprint density at radius 1 is 0.946 bits per heavy atom. The fourth-order valence-corrected chi connectivity index (χ4v) is 4.76. The van der Waals surface area contributed by atoms with Gasteiger partial charge in [0.25, 0.3) is 0 Å². The maximum atomic E-state index is 11.4. The molecule has 4 rings (SSSR count). The van der Waals surface area contributed by atoms with Crippen LogP contribution in [0.25, 0.3) is 0 Å². The number of hydrogen-bond acceptors (Lipinski definition) is 6. The molecule has 2 aromatic carbocycles. The van der Waals surface area contributed by atoms with Crippen LogP contribution in [0.3, 0.4) is 0 Å². The minimum Gasteiger partial charge on any atom is -0.490 e. The highest BCUT2D eigenvalue weighted by Crippen LogP contribution is 2.50. The minimum atomic E-state index is -0.740. The van der Waals surface area contributed by atoms with Crippen LogP contribution in [0.15, 0.2) is 60.9 Å². The van der Waals surface area contributed by atoms with Gasteiger partial charge in [0.2, 0.25) is 5.28 Å². The van der Waals surface area contributed by atoms with E-state index in [-0.39, 0.29) is 22.2 Å². The average molecular weight is 524 g/mol. The summed E-state index contributed by atoms with van der Waals surface area (Å²) in [6.07, 6.45) is 3.78. The van der Waals surface area contributed by atoms with Gasteiger partial charge in [0.1, 0.15) is 29.8 Å². The van der Waals surface area contributed by atoms with Crippen LogP contribution < -0.4 is 15.2 Å². The summed E-state index contributed by atoms with van der Waals surface area (Å²) in [5.41, 5.74) is 7.48. The largest absolute Gasteiger partial charge is 0.490 e. The summed E-state index contributed by atoms with van der Waals surface area (Å²) < 4.78 is 17.5. The molecule has 1 heterocycles. The molecule has 0 bridgehead atoms. The molecule has 1 amide bonds. The molecule has 0 spiro atoms. The predicted molar refractivity (Wildman–Crippen MR) is 143 cm³/mol. The molecule has 1 fully saturated rings. The lowest BCUT2D eigenvalue weighted by atomic mass is 9.62. The van der Waals surface area contributed by atoms with Gasteiger partial charge in [0.05, 0.1) is 0 Å². The van der Waals surface area contributed by atoms with E-state index in [1.165, 1.54) is 11.1 Å². The highest BCUT2D eigenvalue weighted by Gasteiger charge is 2.56. The van der Waals surface area contributed by atoms with Crippen molar-refractivity contribution < 1.29 is 19.0 Å². The standard InChI is InChI=1S/C29H34ClN3O4/c1-27(2,3)29(37-26(31)34)14-24(15-29)36-23-12-8-21(9-13-23)28(4,5)20-6-10-22(11-7-20)35-18-19-16-32-25(30)33-17-19/h6-13,16-17,24H,14-15,18H2,1-5H3,(H2,31,34). The fourth-order valence-electron chi connectivity index (χ4n) is 4.66. The Morgan fingerprint density at radius 3 is 1.95 bits per heavy atom.